The average Bonchev–Trinajstić information content (AvgIpc) is 3.19. The molecule has 0 aromatic heterocycles. The average molecular weight is 914 g/mol. The van der Waals surface area contributed by atoms with Crippen molar-refractivity contribution in [2.24, 2.45) is 0 Å². The fourth-order valence-corrected chi connectivity index (χ4v) is 29.7. The van der Waals surface area contributed by atoms with E-state index in [1.54, 1.807) is 24.3 Å². The zero-order chi connectivity index (χ0) is 43.4. The molecular formula is C45H71NO9S3Ti. The van der Waals surface area contributed by atoms with Crippen LogP contribution in [-0.4, -0.2) is 25.3 Å². The predicted molar refractivity (Wildman–Crippen MR) is 234 cm³/mol. The van der Waals surface area contributed by atoms with Gasteiger partial charge in [0.15, 0.2) is 0 Å². The van der Waals surface area contributed by atoms with Crippen LogP contribution in [0.25, 0.3) is 0 Å². The summed E-state index contributed by atoms with van der Waals surface area (Å²) in [6, 6.07) is 16.5. The molecule has 0 fully saturated rings. The van der Waals surface area contributed by atoms with Crippen molar-refractivity contribution in [1.29, 1.82) is 0 Å². The zero-order valence-electron chi connectivity index (χ0n) is 36.0. The second-order valence-electron chi connectivity index (χ2n) is 16.4. The van der Waals surface area contributed by atoms with E-state index in [9.17, 15) is 25.3 Å². The van der Waals surface area contributed by atoms with Gasteiger partial charge in [-0.15, -0.1) is 0 Å². The van der Waals surface area contributed by atoms with Crippen LogP contribution in [0.2, 0.25) is 4.22 Å². The van der Waals surface area contributed by atoms with Crippen LogP contribution in [0.15, 0.2) is 87.5 Å². The van der Waals surface area contributed by atoms with Gasteiger partial charge in [0.05, 0.1) is 0 Å². The summed E-state index contributed by atoms with van der Waals surface area (Å²) < 4.78 is 113. The van der Waals surface area contributed by atoms with Crippen LogP contribution in [-0.2, 0) is 64.1 Å². The minimum absolute atomic E-state index is 0.177. The molecule has 10 nitrogen and oxygen atoms in total. The summed E-state index contributed by atoms with van der Waals surface area (Å²) in [6.45, 7) is 6.69. The minimum atomic E-state index is -8.23. The number of hydrogen-bond acceptors (Lipinski definition) is 10. The predicted octanol–water partition coefficient (Wildman–Crippen LogP) is 12.4. The molecule has 332 valence electrons. The van der Waals surface area contributed by atoms with Crippen LogP contribution in [0.1, 0.15) is 167 Å². The van der Waals surface area contributed by atoms with Crippen LogP contribution in [0.3, 0.4) is 0 Å². The molecule has 0 aliphatic heterocycles. The van der Waals surface area contributed by atoms with Crippen molar-refractivity contribution in [3.05, 3.63) is 83.9 Å². The van der Waals surface area contributed by atoms with Crippen molar-refractivity contribution in [2.45, 2.75) is 188 Å². The van der Waals surface area contributed by atoms with Crippen molar-refractivity contribution in [1.82, 2.24) is 0 Å². The molecule has 14 heteroatoms. The Balaban J connectivity index is 1.94. The van der Waals surface area contributed by atoms with Crippen molar-refractivity contribution >= 4 is 33.3 Å². The van der Waals surface area contributed by atoms with Crippen LogP contribution < -0.4 is 5.73 Å². The molecule has 0 saturated heterocycles. The summed E-state index contributed by atoms with van der Waals surface area (Å²) in [5.74, 6) is 0. The molecule has 0 bridgehead atoms. The number of anilines is 1. The van der Waals surface area contributed by atoms with E-state index in [0.29, 0.717) is 36.8 Å². The second-order valence-corrected chi connectivity index (χ2v) is 32.8. The molecule has 0 radical (unpaired) electrons. The second kappa shape index (κ2) is 24.4. The molecule has 2 N–H and O–H groups in total. The third-order valence-corrected chi connectivity index (χ3v) is 33.1. The molecule has 0 atom stereocenters. The Bertz CT molecular complexity index is 2020. The van der Waals surface area contributed by atoms with E-state index < -0.39 is 61.3 Å². The van der Waals surface area contributed by atoms with Gasteiger partial charge in [-0.25, -0.2) is 0 Å². The van der Waals surface area contributed by atoms with E-state index in [1.165, 1.54) is 101 Å². The zero-order valence-corrected chi connectivity index (χ0v) is 40.0. The Morgan fingerprint density at radius 2 is 0.814 bits per heavy atom. The van der Waals surface area contributed by atoms with Crippen molar-refractivity contribution in [3.8, 4) is 0 Å². The van der Waals surface area contributed by atoms with E-state index in [2.05, 4.69) is 13.8 Å². The van der Waals surface area contributed by atoms with Gasteiger partial charge < -0.3 is 0 Å². The van der Waals surface area contributed by atoms with E-state index in [4.69, 9.17) is 11.3 Å². The van der Waals surface area contributed by atoms with Gasteiger partial charge in [0.25, 0.3) is 0 Å². The van der Waals surface area contributed by atoms with Gasteiger partial charge in [0.2, 0.25) is 0 Å². The quantitative estimate of drug-likeness (QED) is 0.0373. The number of unbranched alkanes of at least 4 members (excludes halogenated alkanes) is 18. The summed E-state index contributed by atoms with van der Waals surface area (Å²) in [5.41, 5.74) is 6.70. The maximum absolute atomic E-state index is 15.9. The fourth-order valence-electron chi connectivity index (χ4n) is 7.47. The Morgan fingerprint density at radius 3 is 1.15 bits per heavy atom. The topological polar surface area (TPSA) is 164 Å². The van der Waals surface area contributed by atoms with Gasteiger partial charge in [0, 0.05) is 0 Å². The first-order valence-corrected chi connectivity index (χ1v) is 31.1. The number of nitrogen functional groups attached to an aromatic ring is 1. The molecule has 0 unspecified atom stereocenters. The molecule has 59 heavy (non-hydrogen) atoms. The van der Waals surface area contributed by atoms with E-state index in [0.717, 1.165) is 77.3 Å². The van der Waals surface area contributed by atoms with Crippen LogP contribution >= 0.6 is 0 Å². The Kier molecular flexibility index (Phi) is 21.1. The Hall–Kier alpha value is -2.26. The maximum atomic E-state index is 15.9. The van der Waals surface area contributed by atoms with E-state index in [-0.39, 0.29) is 5.69 Å². The Morgan fingerprint density at radius 1 is 0.492 bits per heavy atom. The van der Waals surface area contributed by atoms with Crippen LogP contribution in [0.5, 0.6) is 0 Å². The van der Waals surface area contributed by atoms with Gasteiger partial charge in [-0.3, -0.25) is 0 Å². The molecule has 0 spiro atoms. The normalized spacial score (nSPS) is 13.0. The van der Waals surface area contributed by atoms with Crippen LogP contribution in [0, 0.1) is 0 Å². The Labute approximate surface area is 357 Å². The first-order valence-electron chi connectivity index (χ1n) is 22.1. The van der Waals surface area contributed by atoms with Crippen molar-refractivity contribution in [3.63, 3.8) is 0 Å². The van der Waals surface area contributed by atoms with E-state index >= 15 is 3.32 Å². The van der Waals surface area contributed by atoms with Gasteiger partial charge in [-0.2, -0.15) is 0 Å². The SMILES string of the molecule is CCCCCCCCCCCCc1ccccc1S(=O)(=O)[O][Ti](=[O])([O]S(=O)(=O)c1ccccc1CCCCCCCCCCCC)([CH](C)C)[S](=O)(=O)c1ccc(N)cc1. The standard InChI is InChI=1S/2C18H30O3S.C6H6NO2S.C3H7.O.Ti/c2*1-2-3-4-5-6-7-8-9-10-11-14-17-15-12-13-16-18(17)22(19,20)21;7-5-1-3-6(4-2-5)10(8)9;1-3-2;;/h2*12-13,15-16H,2-11,14H2,1H3,(H,19,20,21);1-4H,7H2;3H,1-2H3;;/q;;;;;+2/p-2. The van der Waals surface area contributed by atoms with Gasteiger partial charge in [-0.1, -0.05) is 52.4 Å². The molecule has 0 aliphatic carbocycles. The molecule has 3 aromatic carbocycles. The van der Waals surface area contributed by atoms with Gasteiger partial charge in [-0.05, 0) is 0 Å². The summed E-state index contributed by atoms with van der Waals surface area (Å²) in [5, 5.41) is 0. The summed E-state index contributed by atoms with van der Waals surface area (Å²) >= 11 is -8.23. The molecule has 3 rings (SSSR count). The van der Waals surface area contributed by atoms with E-state index in [1.807, 2.05) is 0 Å². The first kappa shape index (κ1) is 51.1. The molecule has 0 heterocycles. The first-order chi connectivity index (χ1) is 28.0. The van der Waals surface area contributed by atoms with Gasteiger partial charge in [0.1, 0.15) is 0 Å². The number of benzene rings is 3. The summed E-state index contributed by atoms with van der Waals surface area (Å²) in [4.78, 5) is -1.43. The number of hydrogen-bond donors (Lipinski definition) is 1. The summed E-state index contributed by atoms with van der Waals surface area (Å²) in [6.07, 6.45) is 22.4. The van der Waals surface area contributed by atoms with Gasteiger partial charge >= 0.3 is 307 Å². The summed E-state index contributed by atoms with van der Waals surface area (Å²) in [7, 11) is -15.9. The van der Waals surface area contributed by atoms with Crippen LogP contribution in [0.4, 0.5) is 5.69 Å². The molecule has 0 saturated carbocycles. The third kappa shape index (κ3) is 14.4. The third-order valence-electron chi connectivity index (χ3n) is 11.2. The fraction of sp³-hybridized carbons (Fsp3) is 0.600. The van der Waals surface area contributed by atoms with Crippen molar-refractivity contribution < 1.29 is 48.9 Å². The number of nitrogens with two attached hydrogens (primary N) is 1. The molecule has 0 amide bonds. The molecular weight excluding hydrogens is 843 g/mol. The number of aryl methyl sites for hydroxylation is 2. The van der Waals surface area contributed by atoms with Crippen molar-refractivity contribution in [2.75, 3.05) is 5.73 Å². The molecule has 3 aromatic rings. The number of rotatable bonds is 31. The molecule has 0 aliphatic rings. The monoisotopic (exact) mass is 913 g/mol.